The van der Waals surface area contributed by atoms with Crippen LogP contribution in [0.1, 0.15) is 32.3 Å². The van der Waals surface area contributed by atoms with Crippen molar-refractivity contribution >= 4 is 0 Å². The SMILES string of the molecule is CC(Cc1ccc(F)cc1)NC(C)C1CC2C=CC1C2. The zero-order valence-corrected chi connectivity index (χ0v) is 12.4. The molecule has 1 saturated carbocycles. The van der Waals surface area contributed by atoms with Crippen molar-refractivity contribution in [1.29, 1.82) is 0 Å². The monoisotopic (exact) mass is 273 g/mol. The van der Waals surface area contributed by atoms with Gasteiger partial charge < -0.3 is 5.32 Å². The molecule has 2 heteroatoms. The van der Waals surface area contributed by atoms with Crippen LogP contribution in [0.5, 0.6) is 0 Å². The minimum atomic E-state index is -0.156. The summed E-state index contributed by atoms with van der Waals surface area (Å²) < 4.78 is 12.9. The van der Waals surface area contributed by atoms with E-state index in [1.807, 2.05) is 12.1 Å². The van der Waals surface area contributed by atoms with E-state index in [1.54, 1.807) is 12.1 Å². The van der Waals surface area contributed by atoms with Gasteiger partial charge in [0.25, 0.3) is 0 Å². The molecule has 0 saturated heterocycles. The molecule has 0 aliphatic heterocycles. The topological polar surface area (TPSA) is 12.0 Å². The highest BCUT2D eigenvalue weighted by molar-refractivity contribution is 5.17. The molecule has 20 heavy (non-hydrogen) atoms. The average molecular weight is 273 g/mol. The fourth-order valence-electron chi connectivity index (χ4n) is 4.00. The van der Waals surface area contributed by atoms with Crippen molar-refractivity contribution in [2.24, 2.45) is 17.8 Å². The third-order valence-corrected chi connectivity index (χ3v) is 4.98. The van der Waals surface area contributed by atoms with E-state index >= 15 is 0 Å². The van der Waals surface area contributed by atoms with Crippen molar-refractivity contribution in [3.05, 3.63) is 47.8 Å². The van der Waals surface area contributed by atoms with Crippen LogP contribution in [0.3, 0.4) is 0 Å². The lowest BCUT2D eigenvalue weighted by Gasteiger charge is -2.29. The van der Waals surface area contributed by atoms with Crippen molar-refractivity contribution in [3.63, 3.8) is 0 Å². The summed E-state index contributed by atoms with van der Waals surface area (Å²) in [5, 5.41) is 3.74. The number of rotatable bonds is 5. The molecular formula is C18H24FN. The van der Waals surface area contributed by atoms with Gasteiger partial charge in [-0.05, 0) is 68.6 Å². The van der Waals surface area contributed by atoms with E-state index in [1.165, 1.54) is 18.4 Å². The maximum absolute atomic E-state index is 12.9. The number of fused-ring (bicyclic) bond motifs is 2. The van der Waals surface area contributed by atoms with Crippen molar-refractivity contribution in [2.45, 2.75) is 45.2 Å². The molecular weight excluding hydrogens is 249 g/mol. The maximum atomic E-state index is 12.9. The zero-order valence-electron chi connectivity index (χ0n) is 12.4. The molecule has 0 heterocycles. The molecule has 1 fully saturated rings. The second-order valence-electron chi connectivity index (χ2n) is 6.63. The van der Waals surface area contributed by atoms with Gasteiger partial charge in [0.2, 0.25) is 0 Å². The van der Waals surface area contributed by atoms with Gasteiger partial charge in [-0.1, -0.05) is 24.3 Å². The zero-order chi connectivity index (χ0) is 14.1. The van der Waals surface area contributed by atoms with Crippen LogP contribution in [0, 0.1) is 23.6 Å². The van der Waals surface area contributed by atoms with Gasteiger partial charge in [-0.3, -0.25) is 0 Å². The summed E-state index contributed by atoms with van der Waals surface area (Å²) in [6.45, 7) is 4.54. The van der Waals surface area contributed by atoms with E-state index in [-0.39, 0.29) is 5.82 Å². The van der Waals surface area contributed by atoms with Gasteiger partial charge in [0.15, 0.2) is 0 Å². The molecule has 108 valence electrons. The van der Waals surface area contributed by atoms with Crippen molar-refractivity contribution in [2.75, 3.05) is 0 Å². The maximum Gasteiger partial charge on any atom is 0.123 e. The molecule has 0 radical (unpaired) electrons. The van der Waals surface area contributed by atoms with Crippen LogP contribution >= 0.6 is 0 Å². The minimum absolute atomic E-state index is 0.156. The van der Waals surface area contributed by atoms with Crippen molar-refractivity contribution in [1.82, 2.24) is 5.32 Å². The Morgan fingerprint density at radius 1 is 1.15 bits per heavy atom. The molecule has 0 amide bonds. The second kappa shape index (κ2) is 5.69. The molecule has 2 aliphatic rings. The first-order valence-electron chi connectivity index (χ1n) is 7.80. The van der Waals surface area contributed by atoms with Gasteiger partial charge in [0.05, 0.1) is 0 Å². The predicted molar refractivity (Wildman–Crippen MR) is 81.0 cm³/mol. The van der Waals surface area contributed by atoms with Crippen LogP contribution in [-0.4, -0.2) is 12.1 Å². The Bertz CT molecular complexity index is 479. The summed E-state index contributed by atoms with van der Waals surface area (Å²) >= 11 is 0. The number of halogens is 1. The molecule has 2 bridgehead atoms. The third kappa shape index (κ3) is 2.95. The highest BCUT2D eigenvalue weighted by Crippen LogP contribution is 2.44. The fourth-order valence-corrected chi connectivity index (χ4v) is 4.00. The minimum Gasteiger partial charge on any atom is -0.311 e. The normalized spacial score (nSPS) is 30.6. The summed E-state index contributed by atoms with van der Waals surface area (Å²) in [4.78, 5) is 0. The molecule has 5 atom stereocenters. The first kappa shape index (κ1) is 13.8. The molecule has 1 nitrogen and oxygen atoms in total. The van der Waals surface area contributed by atoms with Gasteiger partial charge in [-0.25, -0.2) is 4.39 Å². The van der Waals surface area contributed by atoms with Gasteiger partial charge in [0.1, 0.15) is 5.82 Å². The second-order valence-corrected chi connectivity index (χ2v) is 6.63. The fraction of sp³-hybridized carbons (Fsp3) is 0.556. The molecule has 3 rings (SSSR count). The lowest BCUT2D eigenvalue weighted by molar-refractivity contribution is 0.305. The Hall–Kier alpha value is -1.15. The number of hydrogen-bond acceptors (Lipinski definition) is 1. The van der Waals surface area contributed by atoms with Crippen LogP contribution in [-0.2, 0) is 6.42 Å². The van der Waals surface area contributed by atoms with Crippen molar-refractivity contribution in [3.8, 4) is 0 Å². The number of hydrogen-bond donors (Lipinski definition) is 1. The largest absolute Gasteiger partial charge is 0.311 e. The summed E-state index contributed by atoms with van der Waals surface area (Å²) in [7, 11) is 0. The molecule has 1 aromatic carbocycles. The van der Waals surface area contributed by atoms with E-state index in [9.17, 15) is 4.39 Å². The van der Waals surface area contributed by atoms with Gasteiger partial charge >= 0.3 is 0 Å². The number of allylic oxidation sites excluding steroid dienone is 2. The predicted octanol–water partition coefficient (Wildman–Crippen LogP) is 3.95. The van der Waals surface area contributed by atoms with Crippen molar-refractivity contribution < 1.29 is 4.39 Å². The molecule has 1 aromatic rings. The lowest BCUT2D eigenvalue weighted by Crippen LogP contribution is -2.41. The number of nitrogens with one attached hydrogen (secondary N) is 1. The van der Waals surface area contributed by atoms with Crippen LogP contribution in [0.4, 0.5) is 4.39 Å². The Morgan fingerprint density at radius 3 is 2.50 bits per heavy atom. The lowest BCUT2D eigenvalue weighted by atomic mass is 9.87. The van der Waals surface area contributed by atoms with E-state index in [0.717, 1.165) is 24.2 Å². The average Bonchev–Trinajstić information content (AvgIpc) is 3.03. The van der Waals surface area contributed by atoms with Gasteiger partial charge in [0, 0.05) is 12.1 Å². The Balaban J connectivity index is 1.52. The molecule has 0 aromatic heterocycles. The van der Waals surface area contributed by atoms with E-state index in [2.05, 4.69) is 31.3 Å². The van der Waals surface area contributed by atoms with Crippen LogP contribution in [0.25, 0.3) is 0 Å². The number of benzene rings is 1. The van der Waals surface area contributed by atoms with E-state index < -0.39 is 0 Å². The first-order valence-corrected chi connectivity index (χ1v) is 7.80. The summed E-state index contributed by atoms with van der Waals surface area (Å²) in [5.74, 6) is 2.26. The van der Waals surface area contributed by atoms with E-state index in [0.29, 0.717) is 12.1 Å². The van der Waals surface area contributed by atoms with Crippen LogP contribution in [0.15, 0.2) is 36.4 Å². The highest BCUT2D eigenvalue weighted by atomic mass is 19.1. The molecule has 2 aliphatic carbocycles. The van der Waals surface area contributed by atoms with Gasteiger partial charge in [-0.2, -0.15) is 0 Å². The van der Waals surface area contributed by atoms with Gasteiger partial charge in [-0.15, -0.1) is 0 Å². The smallest absolute Gasteiger partial charge is 0.123 e. The standard InChI is InChI=1S/C18H24FN/c1-12(9-14-4-7-17(19)8-5-14)20-13(2)18-11-15-3-6-16(18)10-15/h3-8,12-13,15-16,18,20H,9-11H2,1-2H3. The van der Waals surface area contributed by atoms with Crippen LogP contribution < -0.4 is 5.32 Å². The summed E-state index contributed by atoms with van der Waals surface area (Å²) in [6, 6.07) is 7.86. The Kier molecular flexibility index (Phi) is 3.93. The molecule has 0 spiro atoms. The Morgan fingerprint density at radius 2 is 1.90 bits per heavy atom. The molecule has 5 unspecified atom stereocenters. The van der Waals surface area contributed by atoms with Crippen LogP contribution in [0.2, 0.25) is 0 Å². The third-order valence-electron chi connectivity index (χ3n) is 4.98. The Labute approximate surface area is 121 Å². The molecule has 1 N–H and O–H groups in total. The van der Waals surface area contributed by atoms with E-state index in [4.69, 9.17) is 0 Å². The highest BCUT2D eigenvalue weighted by Gasteiger charge is 2.38. The summed E-state index contributed by atoms with van der Waals surface area (Å²) in [6.07, 6.45) is 8.49. The first-order chi connectivity index (χ1) is 9.61. The quantitative estimate of drug-likeness (QED) is 0.801. The summed E-state index contributed by atoms with van der Waals surface area (Å²) in [5.41, 5.74) is 1.20.